The lowest BCUT2D eigenvalue weighted by Crippen LogP contribution is -2.60. The quantitative estimate of drug-likeness (QED) is 0.802. The van der Waals surface area contributed by atoms with Crippen molar-refractivity contribution in [2.75, 3.05) is 13.7 Å². The van der Waals surface area contributed by atoms with Gasteiger partial charge in [-0.15, -0.1) is 0 Å². The Labute approximate surface area is 173 Å². The van der Waals surface area contributed by atoms with E-state index >= 15 is 0 Å². The first-order chi connectivity index (χ1) is 13.8. The molecule has 1 aromatic rings. The zero-order chi connectivity index (χ0) is 20.3. The Balaban J connectivity index is 1.37. The summed E-state index contributed by atoms with van der Waals surface area (Å²) in [6.07, 6.45) is 8.04. The molecule has 1 heterocycles. The Morgan fingerprint density at radius 3 is 2.45 bits per heavy atom. The van der Waals surface area contributed by atoms with E-state index in [-0.39, 0.29) is 28.2 Å². The maximum Gasteiger partial charge on any atom is 0.226 e. The van der Waals surface area contributed by atoms with Crippen molar-refractivity contribution in [1.82, 2.24) is 10.6 Å². The number of carbonyl (C=O) groups excluding carboxylic acids is 2. The van der Waals surface area contributed by atoms with Gasteiger partial charge in [-0.3, -0.25) is 9.59 Å². The lowest BCUT2D eigenvalue weighted by Gasteiger charge is -2.61. The number of rotatable bonds is 5. The van der Waals surface area contributed by atoms with Crippen LogP contribution < -0.4 is 15.4 Å². The van der Waals surface area contributed by atoms with Gasteiger partial charge in [0.2, 0.25) is 11.8 Å². The monoisotopic (exact) mass is 396 g/mol. The summed E-state index contributed by atoms with van der Waals surface area (Å²) < 4.78 is 5.35. The highest BCUT2D eigenvalue weighted by molar-refractivity contribution is 5.84. The van der Waals surface area contributed by atoms with Gasteiger partial charge in [0.05, 0.1) is 18.1 Å². The highest BCUT2D eigenvalue weighted by Gasteiger charge is 2.61. The van der Waals surface area contributed by atoms with Gasteiger partial charge in [-0.2, -0.15) is 0 Å². The van der Waals surface area contributed by atoms with E-state index in [1.165, 1.54) is 24.8 Å². The zero-order valence-electron chi connectivity index (χ0n) is 17.6. The van der Waals surface area contributed by atoms with Crippen molar-refractivity contribution in [2.24, 2.45) is 17.3 Å². The molecule has 5 fully saturated rings. The number of hydrogen-bond acceptors (Lipinski definition) is 3. The van der Waals surface area contributed by atoms with Crippen molar-refractivity contribution in [3.8, 4) is 5.75 Å². The zero-order valence-corrected chi connectivity index (χ0v) is 17.6. The molecule has 0 spiro atoms. The summed E-state index contributed by atoms with van der Waals surface area (Å²) in [6, 6.07) is 8.55. The summed E-state index contributed by atoms with van der Waals surface area (Å²) in [5.41, 5.74) is 0.949. The second-order valence-electron chi connectivity index (χ2n) is 10.5. The minimum Gasteiger partial charge on any atom is -0.497 e. The molecule has 3 unspecified atom stereocenters. The van der Waals surface area contributed by atoms with Crippen LogP contribution in [0.5, 0.6) is 5.75 Å². The first-order valence-corrected chi connectivity index (χ1v) is 11.1. The van der Waals surface area contributed by atoms with E-state index in [4.69, 9.17) is 4.74 Å². The van der Waals surface area contributed by atoms with Gasteiger partial charge >= 0.3 is 0 Å². The number of hydrogen-bond donors (Lipinski definition) is 2. The van der Waals surface area contributed by atoms with Crippen LogP contribution in [0.1, 0.15) is 63.9 Å². The van der Waals surface area contributed by atoms with Crippen LogP contribution in [-0.2, 0) is 15.0 Å². The lowest BCUT2D eigenvalue weighted by molar-refractivity contribution is -0.149. The SMILES string of the molecule is COc1ccc(C23CC4CC(CC(C(=O)NCC5(C)CCC(=O)N5)(C4)C2)C3)cc1. The summed E-state index contributed by atoms with van der Waals surface area (Å²) in [5, 5.41) is 6.29. The molecule has 156 valence electrons. The van der Waals surface area contributed by atoms with Crippen LogP contribution in [0.15, 0.2) is 24.3 Å². The van der Waals surface area contributed by atoms with Crippen LogP contribution in [-0.4, -0.2) is 31.0 Å². The van der Waals surface area contributed by atoms with Crippen LogP contribution in [0.3, 0.4) is 0 Å². The summed E-state index contributed by atoms with van der Waals surface area (Å²) in [4.78, 5) is 25.1. The average molecular weight is 397 g/mol. The molecule has 5 heteroatoms. The molecule has 2 N–H and O–H groups in total. The number of carbonyl (C=O) groups is 2. The molecule has 3 atom stereocenters. The molecule has 4 bridgehead atoms. The molecule has 6 rings (SSSR count). The molecule has 1 saturated heterocycles. The van der Waals surface area contributed by atoms with E-state index < -0.39 is 0 Å². The topological polar surface area (TPSA) is 67.4 Å². The van der Waals surface area contributed by atoms with Crippen LogP contribution >= 0.6 is 0 Å². The fourth-order valence-electron chi connectivity index (χ4n) is 7.26. The standard InChI is InChI=1S/C24H32N2O3/c1-22(8-7-20(27)26-22)15-25-21(28)24-12-16-9-17(13-24)11-23(10-16,14-24)18-3-5-19(29-2)6-4-18/h3-6,16-17H,7-15H2,1-2H3,(H,25,28)(H,26,27). The van der Waals surface area contributed by atoms with Crippen molar-refractivity contribution in [3.05, 3.63) is 29.8 Å². The second-order valence-corrected chi connectivity index (χ2v) is 10.5. The number of ether oxygens (including phenoxy) is 1. The molecule has 4 saturated carbocycles. The Morgan fingerprint density at radius 1 is 1.17 bits per heavy atom. The molecule has 5 nitrogen and oxygen atoms in total. The summed E-state index contributed by atoms with van der Waals surface area (Å²) in [7, 11) is 1.70. The first-order valence-electron chi connectivity index (χ1n) is 11.1. The van der Waals surface area contributed by atoms with E-state index in [2.05, 4.69) is 34.9 Å². The molecule has 4 aliphatic carbocycles. The predicted octanol–water partition coefficient (Wildman–Crippen LogP) is 3.32. The third-order valence-corrected chi connectivity index (χ3v) is 8.23. The minimum absolute atomic E-state index is 0.0926. The second kappa shape index (κ2) is 6.48. The third-order valence-electron chi connectivity index (χ3n) is 8.23. The Hall–Kier alpha value is -2.04. The molecular formula is C24H32N2O3. The first kappa shape index (κ1) is 19.0. The van der Waals surface area contributed by atoms with E-state index in [0.717, 1.165) is 31.4 Å². The Bertz CT molecular complexity index is 819. The molecule has 2 amide bonds. The van der Waals surface area contributed by atoms with E-state index in [9.17, 15) is 9.59 Å². The van der Waals surface area contributed by atoms with Crippen LogP contribution in [0.25, 0.3) is 0 Å². The van der Waals surface area contributed by atoms with Crippen molar-refractivity contribution in [3.63, 3.8) is 0 Å². The highest BCUT2D eigenvalue weighted by Crippen LogP contribution is 2.65. The average Bonchev–Trinajstić information content (AvgIpc) is 3.04. The van der Waals surface area contributed by atoms with Gasteiger partial charge in [-0.1, -0.05) is 12.1 Å². The van der Waals surface area contributed by atoms with E-state index in [0.29, 0.717) is 24.8 Å². The number of methoxy groups -OCH3 is 1. The summed E-state index contributed by atoms with van der Waals surface area (Å²) in [6.45, 7) is 2.57. The Kier molecular flexibility index (Phi) is 4.24. The van der Waals surface area contributed by atoms with Crippen molar-refractivity contribution in [2.45, 2.75) is 69.2 Å². The van der Waals surface area contributed by atoms with Gasteiger partial charge < -0.3 is 15.4 Å². The normalized spacial score (nSPS) is 40.0. The van der Waals surface area contributed by atoms with Gasteiger partial charge in [0.25, 0.3) is 0 Å². The molecule has 5 aliphatic rings. The van der Waals surface area contributed by atoms with Crippen LogP contribution in [0, 0.1) is 17.3 Å². The van der Waals surface area contributed by atoms with Crippen molar-refractivity contribution >= 4 is 11.8 Å². The number of benzene rings is 1. The molecule has 1 aliphatic heterocycles. The Morgan fingerprint density at radius 2 is 1.86 bits per heavy atom. The summed E-state index contributed by atoms with van der Waals surface area (Å²) in [5.74, 6) is 2.48. The van der Waals surface area contributed by atoms with Gasteiger partial charge in [0, 0.05) is 13.0 Å². The maximum absolute atomic E-state index is 13.5. The fourth-order valence-corrected chi connectivity index (χ4v) is 7.26. The van der Waals surface area contributed by atoms with Gasteiger partial charge in [-0.25, -0.2) is 0 Å². The smallest absolute Gasteiger partial charge is 0.226 e. The largest absolute Gasteiger partial charge is 0.497 e. The maximum atomic E-state index is 13.5. The van der Waals surface area contributed by atoms with E-state index in [1.54, 1.807) is 7.11 Å². The molecule has 29 heavy (non-hydrogen) atoms. The van der Waals surface area contributed by atoms with Crippen molar-refractivity contribution < 1.29 is 14.3 Å². The third kappa shape index (κ3) is 3.13. The van der Waals surface area contributed by atoms with Gasteiger partial charge in [0.15, 0.2) is 0 Å². The van der Waals surface area contributed by atoms with Gasteiger partial charge in [-0.05, 0) is 86.8 Å². The minimum atomic E-state index is -0.303. The molecule has 0 radical (unpaired) electrons. The van der Waals surface area contributed by atoms with Crippen LogP contribution in [0.4, 0.5) is 0 Å². The predicted molar refractivity (Wildman–Crippen MR) is 111 cm³/mol. The number of nitrogens with one attached hydrogen (secondary N) is 2. The lowest BCUT2D eigenvalue weighted by atomic mass is 9.42. The number of amides is 2. The molecule has 1 aromatic carbocycles. The molecular weight excluding hydrogens is 364 g/mol. The summed E-state index contributed by atoms with van der Waals surface area (Å²) >= 11 is 0. The molecule has 0 aromatic heterocycles. The fraction of sp³-hybridized carbons (Fsp3) is 0.667. The highest BCUT2D eigenvalue weighted by atomic mass is 16.5. The van der Waals surface area contributed by atoms with Crippen LogP contribution in [0.2, 0.25) is 0 Å². The van der Waals surface area contributed by atoms with E-state index in [1.807, 2.05) is 6.92 Å². The van der Waals surface area contributed by atoms with Gasteiger partial charge in [0.1, 0.15) is 5.75 Å². The van der Waals surface area contributed by atoms with Crippen molar-refractivity contribution in [1.29, 1.82) is 0 Å².